The number of carboxylic acids is 1. The number of carbonyl (C=O) groups is 2. The van der Waals surface area contributed by atoms with E-state index in [1.165, 1.54) is 22.0 Å². The van der Waals surface area contributed by atoms with E-state index in [4.69, 9.17) is 0 Å². The third kappa shape index (κ3) is 4.71. The number of carbonyl (C=O) groups excluding carboxylic acids is 1. The zero-order chi connectivity index (χ0) is 20.6. The first-order valence-electron chi connectivity index (χ1n) is 9.76. The summed E-state index contributed by atoms with van der Waals surface area (Å²) in [6.07, 6.45) is 6.39. The molecule has 1 aromatic heterocycles. The molecule has 0 spiro atoms. The molecule has 6 heteroatoms. The lowest BCUT2D eigenvalue weighted by molar-refractivity contribution is -0.143. The van der Waals surface area contributed by atoms with Crippen molar-refractivity contribution in [1.82, 2.24) is 14.5 Å². The number of rotatable bonds is 8. The van der Waals surface area contributed by atoms with Gasteiger partial charge in [-0.15, -0.1) is 0 Å². The SMILES string of the molecule is CCCC[C@@H](C(=O)O)N(C(=O)n1ccnc1)C(c1ccccc1)c1ccccc1. The molecular formula is C23H25N3O3. The Bertz CT molecular complexity index is 872. The van der Waals surface area contributed by atoms with E-state index in [1.807, 2.05) is 67.6 Å². The van der Waals surface area contributed by atoms with Crippen LogP contribution in [0.15, 0.2) is 79.4 Å². The van der Waals surface area contributed by atoms with E-state index < -0.39 is 24.1 Å². The molecule has 0 bridgehead atoms. The molecule has 0 aliphatic rings. The molecule has 0 saturated carbocycles. The molecule has 1 atom stereocenters. The van der Waals surface area contributed by atoms with E-state index in [0.29, 0.717) is 12.8 Å². The van der Waals surface area contributed by atoms with Crippen LogP contribution < -0.4 is 0 Å². The van der Waals surface area contributed by atoms with Crippen molar-refractivity contribution in [2.45, 2.75) is 38.3 Å². The number of amides is 1. The maximum Gasteiger partial charge on any atom is 0.330 e. The Morgan fingerprint density at radius 3 is 2.07 bits per heavy atom. The summed E-state index contributed by atoms with van der Waals surface area (Å²) in [6.45, 7) is 2.01. The van der Waals surface area contributed by atoms with E-state index in [9.17, 15) is 14.7 Å². The Balaban J connectivity index is 2.16. The molecule has 3 rings (SSSR count). The molecule has 1 N–H and O–H groups in total. The van der Waals surface area contributed by atoms with Gasteiger partial charge in [0.2, 0.25) is 0 Å². The van der Waals surface area contributed by atoms with E-state index in [0.717, 1.165) is 17.5 Å². The first-order chi connectivity index (χ1) is 14.1. The van der Waals surface area contributed by atoms with Crippen molar-refractivity contribution in [2.24, 2.45) is 0 Å². The maximum atomic E-state index is 13.5. The van der Waals surface area contributed by atoms with Gasteiger partial charge >= 0.3 is 12.0 Å². The standard InChI is InChI=1S/C23H25N3O3/c1-2-3-14-20(22(27)28)26(23(29)25-16-15-24-17-25)21(18-10-6-4-7-11-18)19-12-8-5-9-13-19/h4-13,15-17,20-21H,2-3,14H2,1H3,(H,27,28)/t20-/m0/s1. The topological polar surface area (TPSA) is 75.4 Å². The number of aliphatic carboxylic acids is 1. The van der Waals surface area contributed by atoms with Crippen LogP contribution in [0.5, 0.6) is 0 Å². The van der Waals surface area contributed by atoms with Crippen molar-refractivity contribution in [2.75, 3.05) is 0 Å². The first-order valence-corrected chi connectivity index (χ1v) is 9.76. The number of imidazole rings is 1. The lowest BCUT2D eigenvalue weighted by atomic mass is 9.94. The van der Waals surface area contributed by atoms with Gasteiger partial charge in [0.25, 0.3) is 0 Å². The first kappa shape index (κ1) is 20.3. The minimum atomic E-state index is -1.01. The molecule has 1 amide bonds. The van der Waals surface area contributed by atoms with Gasteiger partial charge in [-0.1, -0.05) is 80.4 Å². The third-order valence-corrected chi connectivity index (χ3v) is 4.91. The Hall–Kier alpha value is -3.41. The van der Waals surface area contributed by atoms with Crippen molar-refractivity contribution in [1.29, 1.82) is 0 Å². The molecule has 0 radical (unpaired) electrons. The number of aromatic nitrogens is 2. The molecule has 6 nitrogen and oxygen atoms in total. The summed E-state index contributed by atoms with van der Waals surface area (Å²) >= 11 is 0. The minimum Gasteiger partial charge on any atom is -0.480 e. The molecule has 0 fully saturated rings. The van der Waals surface area contributed by atoms with Gasteiger partial charge in [0.15, 0.2) is 0 Å². The molecule has 3 aromatic rings. The van der Waals surface area contributed by atoms with Crippen LogP contribution in [0, 0.1) is 0 Å². The average molecular weight is 391 g/mol. The van der Waals surface area contributed by atoms with Crippen LogP contribution in [-0.4, -0.2) is 37.6 Å². The second-order valence-corrected chi connectivity index (χ2v) is 6.88. The largest absolute Gasteiger partial charge is 0.480 e. The smallest absolute Gasteiger partial charge is 0.330 e. The van der Waals surface area contributed by atoms with Crippen LogP contribution in [0.4, 0.5) is 4.79 Å². The lowest BCUT2D eigenvalue weighted by Gasteiger charge is -2.36. The lowest BCUT2D eigenvalue weighted by Crippen LogP contribution is -2.49. The van der Waals surface area contributed by atoms with Crippen LogP contribution in [0.1, 0.15) is 43.4 Å². The molecule has 0 aliphatic heterocycles. The fourth-order valence-electron chi connectivity index (χ4n) is 3.49. The van der Waals surface area contributed by atoms with E-state index in [2.05, 4.69) is 4.98 Å². The Morgan fingerprint density at radius 1 is 1.03 bits per heavy atom. The van der Waals surface area contributed by atoms with E-state index in [1.54, 1.807) is 6.20 Å². The zero-order valence-corrected chi connectivity index (χ0v) is 16.4. The van der Waals surface area contributed by atoms with E-state index >= 15 is 0 Å². The Morgan fingerprint density at radius 2 is 1.62 bits per heavy atom. The number of benzene rings is 2. The molecule has 2 aromatic carbocycles. The zero-order valence-electron chi connectivity index (χ0n) is 16.4. The number of nitrogens with zero attached hydrogens (tertiary/aromatic N) is 3. The van der Waals surface area contributed by atoms with Gasteiger partial charge in [0, 0.05) is 12.4 Å². The van der Waals surface area contributed by atoms with Gasteiger partial charge in [-0.3, -0.25) is 9.47 Å². The van der Waals surface area contributed by atoms with Gasteiger partial charge in [-0.25, -0.2) is 14.6 Å². The molecular weight excluding hydrogens is 366 g/mol. The number of unbranched alkanes of at least 4 members (excludes halogenated alkanes) is 1. The van der Waals surface area contributed by atoms with Crippen LogP contribution >= 0.6 is 0 Å². The fraction of sp³-hybridized carbons (Fsp3) is 0.261. The second-order valence-electron chi connectivity index (χ2n) is 6.88. The average Bonchev–Trinajstić information content (AvgIpc) is 3.29. The van der Waals surface area contributed by atoms with Gasteiger partial charge in [-0.05, 0) is 17.5 Å². The summed E-state index contributed by atoms with van der Waals surface area (Å²) in [7, 11) is 0. The Labute approximate surface area is 170 Å². The number of hydrogen-bond acceptors (Lipinski definition) is 3. The second kappa shape index (κ2) is 9.68. The summed E-state index contributed by atoms with van der Waals surface area (Å²) in [5.74, 6) is -1.01. The van der Waals surface area contributed by atoms with Gasteiger partial charge < -0.3 is 5.11 Å². The molecule has 0 saturated heterocycles. The minimum absolute atomic E-state index is 0.377. The van der Waals surface area contributed by atoms with Crippen molar-refractivity contribution in [3.05, 3.63) is 90.5 Å². The van der Waals surface area contributed by atoms with Crippen LogP contribution in [-0.2, 0) is 4.79 Å². The van der Waals surface area contributed by atoms with E-state index in [-0.39, 0.29) is 0 Å². The van der Waals surface area contributed by atoms with Gasteiger partial charge in [-0.2, -0.15) is 0 Å². The van der Waals surface area contributed by atoms with Gasteiger partial charge in [0.05, 0.1) is 6.04 Å². The van der Waals surface area contributed by atoms with Crippen LogP contribution in [0.3, 0.4) is 0 Å². The van der Waals surface area contributed by atoms with Crippen molar-refractivity contribution in [3.8, 4) is 0 Å². The van der Waals surface area contributed by atoms with Crippen molar-refractivity contribution in [3.63, 3.8) is 0 Å². The van der Waals surface area contributed by atoms with Gasteiger partial charge in [0.1, 0.15) is 12.4 Å². The molecule has 0 unspecified atom stereocenters. The normalized spacial score (nSPS) is 11.9. The van der Waals surface area contributed by atoms with Crippen LogP contribution in [0.2, 0.25) is 0 Å². The van der Waals surface area contributed by atoms with Crippen molar-refractivity contribution < 1.29 is 14.7 Å². The maximum absolute atomic E-state index is 13.5. The highest BCUT2D eigenvalue weighted by Gasteiger charge is 2.37. The predicted molar refractivity (Wildman–Crippen MR) is 111 cm³/mol. The fourth-order valence-corrected chi connectivity index (χ4v) is 3.49. The summed E-state index contributed by atoms with van der Waals surface area (Å²) in [5, 5.41) is 10.0. The summed E-state index contributed by atoms with van der Waals surface area (Å²) in [5.41, 5.74) is 1.71. The molecule has 29 heavy (non-hydrogen) atoms. The predicted octanol–water partition coefficient (Wildman–Crippen LogP) is 4.59. The molecule has 1 heterocycles. The summed E-state index contributed by atoms with van der Waals surface area (Å²) in [6, 6.07) is 17.2. The molecule has 0 aliphatic carbocycles. The number of hydrogen-bond donors (Lipinski definition) is 1. The summed E-state index contributed by atoms with van der Waals surface area (Å²) < 4.78 is 1.33. The highest BCUT2D eigenvalue weighted by molar-refractivity contribution is 5.84. The van der Waals surface area contributed by atoms with Crippen molar-refractivity contribution >= 4 is 12.0 Å². The molecule has 150 valence electrons. The number of carboxylic acid groups (broad SMARTS) is 1. The monoisotopic (exact) mass is 391 g/mol. The quantitative estimate of drug-likeness (QED) is 0.609. The highest BCUT2D eigenvalue weighted by atomic mass is 16.4. The third-order valence-electron chi connectivity index (χ3n) is 4.91. The summed E-state index contributed by atoms with van der Waals surface area (Å²) in [4.78, 5) is 31.2. The Kier molecular flexibility index (Phi) is 6.79. The highest BCUT2D eigenvalue weighted by Crippen LogP contribution is 2.32. The van der Waals surface area contributed by atoms with Crippen LogP contribution in [0.25, 0.3) is 0 Å².